The van der Waals surface area contributed by atoms with Crippen LogP contribution in [0.3, 0.4) is 0 Å². The van der Waals surface area contributed by atoms with Gasteiger partial charge in [0, 0.05) is 0 Å². The molecular formula is C24H47NO6Si2. The van der Waals surface area contributed by atoms with E-state index in [1.165, 1.54) is 4.90 Å². The van der Waals surface area contributed by atoms with Crippen molar-refractivity contribution in [3.8, 4) is 0 Å². The van der Waals surface area contributed by atoms with Crippen molar-refractivity contribution >= 4 is 28.6 Å². The van der Waals surface area contributed by atoms with Crippen molar-refractivity contribution < 1.29 is 28.3 Å². The van der Waals surface area contributed by atoms with Crippen LogP contribution in [-0.4, -0.2) is 68.6 Å². The van der Waals surface area contributed by atoms with E-state index in [0.717, 1.165) is 0 Å². The Bertz CT molecular complexity index is 762. The van der Waals surface area contributed by atoms with E-state index in [1.54, 1.807) is 20.8 Å². The number of rotatable bonds is 4. The number of aliphatic hydroxyl groups excluding tert-OH is 1. The van der Waals surface area contributed by atoms with E-state index in [4.69, 9.17) is 13.6 Å². The number of ether oxygens (including phenoxy) is 1. The van der Waals surface area contributed by atoms with Crippen LogP contribution in [0.1, 0.15) is 68.7 Å². The predicted molar refractivity (Wildman–Crippen MR) is 135 cm³/mol. The zero-order chi connectivity index (χ0) is 25.9. The molecule has 0 aromatic carbocycles. The van der Waals surface area contributed by atoms with Gasteiger partial charge in [0.1, 0.15) is 5.60 Å². The highest BCUT2D eigenvalue weighted by Gasteiger charge is 2.62. The average Bonchev–Trinajstić information content (AvgIpc) is 2.87. The Morgan fingerprint density at radius 2 is 1.30 bits per heavy atom. The third-order valence-corrected chi connectivity index (χ3v) is 16.8. The first-order chi connectivity index (χ1) is 14.5. The van der Waals surface area contributed by atoms with E-state index < -0.39 is 64.5 Å². The average molecular weight is 502 g/mol. The van der Waals surface area contributed by atoms with Gasteiger partial charge in [-0.1, -0.05) is 41.5 Å². The molecule has 1 aliphatic carbocycles. The molecule has 0 aromatic rings. The molecule has 1 N–H and O–H groups in total. The van der Waals surface area contributed by atoms with Gasteiger partial charge in [-0.25, -0.2) is 9.69 Å². The molecule has 7 nitrogen and oxygen atoms in total. The standard InChI is InChI=1S/C24H47NO6Si2/c1-22(2,3)29-21(28)25-16-14-15(20(25)27)17(26)19(31-33(12,13)24(7,8)9)18(16)30-32(10,11)23(4,5)6/h15-19,26H,14H2,1-13H3/t15-,16+,17+,18+,19-/m1/s1. The topological polar surface area (TPSA) is 85.3 Å². The Labute approximate surface area is 202 Å². The molecule has 0 radical (unpaired) electrons. The van der Waals surface area contributed by atoms with Crippen LogP contribution in [0.15, 0.2) is 0 Å². The first kappa shape index (κ1) is 28.5. The minimum absolute atomic E-state index is 0.0837. The summed E-state index contributed by atoms with van der Waals surface area (Å²) in [5.41, 5.74) is -0.737. The van der Waals surface area contributed by atoms with Gasteiger partial charge in [0.05, 0.1) is 30.3 Å². The van der Waals surface area contributed by atoms with E-state index >= 15 is 0 Å². The molecule has 2 fully saturated rings. The first-order valence-electron chi connectivity index (χ1n) is 12.1. The smallest absolute Gasteiger partial charge is 0.417 e. The Balaban J connectivity index is 2.54. The van der Waals surface area contributed by atoms with Crippen LogP contribution in [0.5, 0.6) is 0 Å². The summed E-state index contributed by atoms with van der Waals surface area (Å²) in [6.45, 7) is 26.8. The lowest BCUT2D eigenvalue weighted by Crippen LogP contribution is -2.62. The molecule has 0 spiro atoms. The molecule has 33 heavy (non-hydrogen) atoms. The molecule has 5 atom stereocenters. The summed E-state index contributed by atoms with van der Waals surface area (Å²) in [6, 6.07) is -0.523. The lowest BCUT2D eigenvalue weighted by molar-refractivity contribution is -0.134. The normalized spacial score (nSPS) is 29.5. The van der Waals surface area contributed by atoms with Crippen LogP contribution in [0.25, 0.3) is 0 Å². The number of imide groups is 1. The van der Waals surface area contributed by atoms with Gasteiger partial charge in [0.2, 0.25) is 5.91 Å². The molecule has 2 rings (SSSR count). The van der Waals surface area contributed by atoms with Crippen molar-refractivity contribution in [1.29, 1.82) is 0 Å². The molecule has 0 aromatic heterocycles. The fraction of sp³-hybridized carbons (Fsp3) is 0.917. The molecule has 1 heterocycles. The van der Waals surface area contributed by atoms with Crippen LogP contribution in [-0.2, 0) is 18.4 Å². The fourth-order valence-corrected chi connectivity index (χ4v) is 6.50. The minimum Gasteiger partial charge on any atom is -0.443 e. The van der Waals surface area contributed by atoms with Crippen LogP contribution < -0.4 is 0 Å². The van der Waals surface area contributed by atoms with Gasteiger partial charge in [0.15, 0.2) is 16.6 Å². The first-order valence-corrected chi connectivity index (χ1v) is 17.9. The lowest BCUT2D eigenvalue weighted by Gasteiger charge is -2.49. The molecule has 1 saturated carbocycles. The van der Waals surface area contributed by atoms with Crippen molar-refractivity contribution in [1.82, 2.24) is 4.90 Å². The van der Waals surface area contributed by atoms with Crippen molar-refractivity contribution in [3.05, 3.63) is 0 Å². The molecule has 1 aliphatic heterocycles. The predicted octanol–water partition coefficient (Wildman–Crippen LogP) is 5.29. The summed E-state index contributed by atoms with van der Waals surface area (Å²) in [4.78, 5) is 27.6. The number of carbonyl (C=O) groups is 2. The molecule has 9 heteroatoms. The van der Waals surface area contributed by atoms with Gasteiger partial charge in [-0.2, -0.15) is 0 Å². The number of nitrogens with zero attached hydrogens (tertiary/aromatic N) is 1. The number of fused-ring (bicyclic) bond motifs is 2. The summed E-state index contributed by atoms with van der Waals surface area (Å²) in [5, 5.41) is 11.2. The Morgan fingerprint density at radius 3 is 1.70 bits per heavy atom. The van der Waals surface area contributed by atoms with Crippen LogP contribution in [0, 0.1) is 5.92 Å². The van der Waals surface area contributed by atoms with E-state index in [0.29, 0.717) is 6.42 Å². The fourth-order valence-electron chi connectivity index (χ4n) is 3.87. The second-order valence-corrected chi connectivity index (χ2v) is 23.3. The van der Waals surface area contributed by atoms with Gasteiger partial charge in [-0.15, -0.1) is 0 Å². The number of hydrogen-bond donors (Lipinski definition) is 1. The van der Waals surface area contributed by atoms with Crippen molar-refractivity contribution in [3.63, 3.8) is 0 Å². The van der Waals surface area contributed by atoms with Gasteiger partial charge in [0.25, 0.3) is 0 Å². The van der Waals surface area contributed by atoms with Gasteiger partial charge >= 0.3 is 6.09 Å². The lowest BCUT2D eigenvalue weighted by atomic mass is 9.83. The molecule has 0 unspecified atom stereocenters. The molecule has 2 aliphatic rings. The highest BCUT2D eigenvalue weighted by atomic mass is 28.4. The summed E-state index contributed by atoms with van der Waals surface area (Å²) in [7, 11) is -4.63. The quantitative estimate of drug-likeness (QED) is 0.527. The van der Waals surface area contributed by atoms with Crippen LogP contribution in [0.4, 0.5) is 4.79 Å². The molecule has 1 saturated heterocycles. The zero-order valence-corrected chi connectivity index (χ0v) is 25.0. The highest BCUT2D eigenvalue weighted by molar-refractivity contribution is 6.74. The van der Waals surface area contributed by atoms with Gasteiger partial charge in [-0.05, 0) is 63.5 Å². The maximum Gasteiger partial charge on any atom is 0.417 e. The van der Waals surface area contributed by atoms with Crippen molar-refractivity contribution in [2.75, 3.05) is 0 Å². The Kier molecular flexibility index (Phi) is 7.53. The second-order valence-electron chi connectivity index (χ2n) is 13.8. The van der Waals surface area contributed by atoms with E-state index in [-0.39, 0.29) is 10.1 Å². The highest BCUT2D eigenvalue weighted by Crippen LogP contribution is 2.47. The van der Waals surface area contributed by atoms with E-state index in [2.05, 4.69) is 67.7 Å². The second kappa shape index (κ2) is 8.73. The monoisotopic (exact) mass is 501 g/mol. The van der Waals surface area contributed by atoms with Crippen molar-refractivity contribution in [2.45, 2.75) is 135 Å². The maximum atomic E-state index is 13.3. The Morgan fingerprint density at radius 1 is 0.879 bits per heavy atom. The van der Waals surface area contributed by atoms with Gasteiger partial charge < -0.3 is 18.7 Å². The largest absolute Gasteiger partial charge is 0.443 e. The number of aliphatic hydroxyl groups is 1. The maximum absolute atomic E-state index is 13.3. The minimum atomic E-state index is -2.32. The number of likely N-dealkylation sites (tertiary alicyclic amines) is 1. The van der Waals surface area contributed by atoms with Gasteiger partial charge in [-0.3, -0.25) is 4.79 Å². The van der Waals surface area contributed by atoms with E-state index in [1.807, 2.05) is 0 Å². The summed E-state index contributed by atoms with van der Waals surface area (Å²) >= 11 is 0. The Hall–Kier alpha value is -0.746. The molecule has 2 amide bonds. The number of amides is 2. The zero-order valence-electron chi connectivity index (χ0n) is 23.0. The summed E-state index contributed by atoms with van der Waals surface area (Å²) < 4.78 is 19.2. The molecule has 2 bridgehead atoms. The third-order valence-electron chi connectivity index (χ3n) is 7.90. The van der Waals surface area contributed by atoms with Crippen LogP contribution >= 0.6 is 0 Å². The molecule has 192 valence electrons. The van der Waals surface area contributed by atoms with E-state index in [9.17, 15) is 14.7 Å². The molecular weight excluding hydrogens is 454 g/mol. The summed E-state index contributed by atoms with van der Waals surface area (Å²) in [5.74, 6) is -1.09. The third kappa shape index (κ3) is 5.74. The number of hydrogen-bond acceptors (Lipinski definition) is 6. The SMILES string of the molecule is CC(C)(C)OC(=O)N1C(=O)[C@@H]2C[C@H]1[C@H](O[Si](C)(C)C(C)(C)C)[C@H](O[Si](C)(C)C(C)(C)C)[C@H]2O. The summed E-state index contributed by atoms with van der Waals surface area (Å²) in [6.07, 6.45) is -2.64. The number of carbonyl (C=O) groups excluding carboxylic acids is 2. The van der Waals surface area contributed by atoms with Crippen LogP contribution in [0.2, 0.25) is 36.3 Å². The van der Waals surface area contributed by atoms with Crippen molar-refractivity contribution in [2.24, 2.45) is 5.92 Å².